The fourth-order valence-electron chi connectivity index (χ4n) is 2.66. The second kappa shape index (κ2) is 5.74. The lowest BCUT2D eigenvalue weighted by Gasteiger charge is -2.21. The van der Waals surface area contributed by atoms with Crippen LogP contribution in [-0.4, -0.2) is 29.1 Å². The number of aromatic carboxylic acids is 1. The Bertz CT molecular complexity index is 661. The molecule has 1 N–H and O–H groups in total. The zero-order chi connectivity index (χ0) is 14.8. The average Bonchev–Trinajstić information content (AvgIpc) is 2.70. The Labute approximate surface area is 128 Å². The van der Waals surface area contributed by atoms with E-state index in [9.17, 15) is 4.79 Å². The number of carbonyl (C=O) groups is 1. The number of nitrogens with zero attached hydrogens (tertiary/aromatic N) is 2. The number of anilines is 1. The summed E-state index contributed by atoms with van der Waals surface area (Å²) in [7, 11) is 0. The third kappa shape index (κ3) is 2.85. The summed E-state index contributed by atoms with van der Waals surface area (Å²) >= 11 is 5.87. The van der Waals surface area contributed by atoms with Gasteiger partial charge in [0.25, 0.3) is 0 Å². The van der Waals surface area contributed by atoms with E-state index >= 15 is 0 Å². The molecular formula is C16H15ClN2O2. The molecule has 2 aromatic rings. The highest BCUT2D eigenvalue weighted by atomic mass is 35.5. The lowest BCUT2D eigenvalue weighted by atomic mass is 10.0. The zero-order valence-corrected chi connectivity index (χ0v) is 12.2. The van der Waals surface area contributed by atoms with Crippen molar-refractivity contribution in [1.29, 1.82) is 0 Å². The molecule has 0 aliphatic carbocycles. The average molecular weight is 303 g/mol. The van der Waals surface area contributed by atoms with E-state index in [1.807, 2.05) is 0 Å². The molecule has 0 amide bonds. The summed E-state index contributed by atoms with van der Waals surface area (Å²) in [5, 5.41) is 9.33. The maximum Gasteiger partial charge on any atom is 0.337 e. The largest absolute Gasteiger partial charge is 0.478 e. The van der Waals surface area contributed by atoms with Gasteiger partial charge >= 0.3 is 5.97 Å². The van der Waals surface area contributed by atoms with Crippen molar-refractivity contribution < 1.29 is 9.90 Å². The smallest absolute Gasteiger partial charge is 0.337 e. The van der Waals surface area contributed by atoms with Crippen LogP contribution in [0.4, 0.5) is 5.82 Å². The molecule has 0 unspecified atom stereocenters. The highest BCUT2D eigenvalue weighted by molar-refractivity contribution is 6.33. The molecule has 3 rings (SSSR count). The minimum atomic E-state index is -1.03. The summed E-state index contributed by atoms with van der Waals surface area (Å²) in [6, 6.07) is 9.96. The second-order valence-electron chi connectivity index (χ2n) is 5.08. The molecule has 0 fully saturated rings. The van der Waals surface area contributed by atoms with Crippen LogP contribution in [0.1, 0.15) is 21.5 Å². The van der Waals surface area contributed by atoms with Crippen LogP contribution < -0.4 is 4.90 Å². The first-order valence-electron chi connectivity index (χ1n) is 6.86. The minimum Gasteiger partial charge on any atom is -0.478 e. The Hall–Kier alpha value is -2.07. The Balaban J connectivity index is 1.86. The molecule has 2 heterocycles. The van der Waals surface area contributed by atoms with Crippen LogP contribution >= 0.6 is 11.6 Å². The van der Waals surface area contributed by atoms with Crippen molar-refractivity contribution in [2.24, 2.45) is 0 Å². The number of halogens is 1. The Morgan fingerprint density at radius 1 is 1.19 bits per heavy atom. The topological polar surface area (TPSA) is 53.4 Å². The molecule has 5 heteroatoms. The van der Waals surface area contributed by atoms with Crippen LogP contribution in [0.25, 0.3) is 0 Å². The second-order valence-corrected chi connectivity index (χ2v) is 5.49. The van der Waals surface area contributed by atoms with Gasteiger partial charge in [-0.1, -0.05) is 35.9 Å². The molecule has 108 valence electrons. The van der Waals surface area contributed by atoms with Crippen LogP contribution in [0.3, 0.4) is 0 Å². The van der Waals surface area contributed by atoms with E-state index in [-0.39, 0.29) is 10.6 Å². The number of hydrogen-bond donors (Lipinski definition) is 1. The SMILES string of the molecule is O=C(O)c1cc(N2CCc3ccccc3CC2)ncc1Cl. The van der Waals surface area contributed by atoms with Crippen LogP contribution in [0.15, 0.2) is 36.5 Å². The van der Waals surface area contributed by atoms with Crippen LogP contribution in [0, 0.1) is 0 Å². The van der Waals surface area contributed by atoms with Gasteiger partial charge in [-0.05, 0) is 30.0 Å². The molecule has 0 saturated carbocycles. The van der Waals surface area contributed by atoms with E-state index in [0.717, 1.165) is 25.9 Å². The predicted octanol–water partition coefficient (Wildman–Crippen LogP) is 3.04. The summed E-state index contributed by atoms with van der Waals surface area (Å²) in [4.78, 5) is 17.6. The van der Waals surface area contributed by atoms with Crippen molar-refractivity contribution in [3.8, 4) is 0 Å². The minimum absolute atomic E-state index is 0.100. The number of pyridine rings is 1. The molecular weight excluding hydrogens is 288 g/mol. The van der Waals surface area contributed by atoms with E-state index in [1.165, 1.54) is 17.3 Å². The molecule has 0 saturated heterocycles. The van der Waals surface area contributed by atoms with Crippen molar-refractivity contribution >= 4 is 23.4 Å². The van der Waals surface area contributed by atoms with E-state index in [0.29, 0.717) is 5.82 Å². The van der Waals surface area contributed by atoms with Gasteiger partial charge in [0.1, 0.15) is 5.82 Å². The molecule has 1 aromatic carbocycles. The van der Waals surface area contributed by atoms with Gasteiger partial charge in [-0.15, -0.1) is 0 Å². The van der Waals surface area contributed by atoms with Crippen molar-refractivity contribution in [2.75, 3.05) is 18.0 Å². The van der Waals surface area contributed by atoms with Crippen LogP contribution in [0.5, 0.6) is 0 Å². The summed E-state index contributed by atoms with van der Waals surface area (Å²) < 4.78 is 0. The zero-order valence-electron chi connectivity index (χ0n) is 11.4. The first kappa shape index (κ1) is 13.9. The van der Waals surface area contributed by atoms with E-state index < -0.39 is 5.97 Å². The maximum absolute atomic E-state index is 11.2. The first-order valence-corrected chi connectivity index (χ1v) is 7.23. The molecule has 0 spiro atoms. The van der Waals surface area contributed by atoms with Gasteiger partial charge in [0.05, 0.1) is 10.6 Å². The number of carboxylic acid groups (broad SMARTS) is 1. The first-order chi connectivity index (χ1) is 10.1. The summed E-state index contributed by atoms with van der Waals surface area (Å²) in [6.07, 6.45) is 3.28. The number of benzene rings is 1. The monoisotopic (exact) mass is 302 g/mol. The number of fused-ring (bicyclic) bond motifs is 1. The van der Waals surface area contributed by atoms with Crippen molar-refractivity contribution in [3.63, 3.8) is 0 Å². The number of hydrogen-bond acceptors (Lipinski definition) is 3. The van der Waals surface area contributed by atoms with Crippen LogP contribution in [0.2, 0.25) is 5.02 Å². The van der Waals surface area contributed by atoms with Gasteiger partial charge in [0.2, 0.25) is 0 Å². The molecule has 1 aromatic heterocycles. The van der Waals surface area contributed by atoms with Gasteiger partial charge in [-0.2, -0.15) is 0 Å². The van der Waals surface area contributed by atoms with Crippen molar-refractivity contribution in [1.82, 2.24) is 4.98 Å². The molecule has 0 atom stereocenters. The molecule has 1 aliphatic rings. The quantitative estimate of drug-likeness (QED) is 0.926. The Kier molecular flexibility index (Phi) is 3.80. The summed E-state index contributed by atoms with van der Waals surface area (Å²) in [5.41, 5.74) is 2.81. The highest BCUT2D eigenvalue weighted by Crippen LogP contribution is 2.23. The Morgan fingerprint density at radius 2 is 1.81 bits per heavy atom. The number of rotatable bonds is 2. The maximum atomic E-state index is 11.2. The molecule has 0 radical (unpaired) electrons. The molecule has 0 bridgehead atoms. The van der Waals surface area contributed by atoms with Gasteiger partial charge in [0.15, 0.2) is 0 Å². The molecule has 1 aliphatic heterocycles. The fourth-order valence-corrected chi connectivity index (χ4v) is 2.85. The standard InChI is InChI=1S/C16H15ClN2O2/c17-14-10-18-15(9-13(14)16(20)21)19-7-5-11-3-1-2-4-12(11)6-8-19/h1-4,9-10H,5-8H2,(H,20,21). The predicted molar refractivity (Wildman–Crippen MR) is 82.3 cm³/mol. The highest BCUT2D eigenvalue weighted by Gasteiger charge is 2.17. The number of aromatic nitrogens is 1. The van der Waals surface area contributed by atoms with E-state index in [4.69, 9.17) is 16.7 Å². The third-order valence-corrected chi connectivity index (χ3v) is 4.12. The van der Waals surface area contributed by atoms with Gasteiger partial charge in [-0.3, -0.25) is 0 Å². The fraction of sp³-hybridized carbons (Fsp3) is 0.250. The molecule has 21 heavy (non-hydrogen) atoms. The third-order valence-electron chi connectivity index (χ3n) is 3.82. The van der Waals surface area contributed by atoms with Gasteiger partial charge in [-0.25, -0.2) is 9.78 Å². The van der Waals surface area contributed by atoms with E-state index in [2.05, 4.69) is 34.1 Å². The summed E-state index contributed by atoms with van der Waals surface area (Å²) in [6.45, 7) is 1.65. The van der Waals surface area contributed by atoms with E-state index in [1.54, 1.807) is 6.07 Å². The Morgan fingerprint density at radius 3 is 2.38 bits per heavy atom. The molecule has 4 nitrogen and oxygen atoms in total. The van der Waals surface area contributed by atoms with Crippen molar-refractivity contribution in [2.45, 2.75) is 12.8 Å². The normalized spacial score (nSPS) is 14.4. The van der Waals surface area contributed by atoms with Gasteiger partial charge < -0.3 is 10.0 Å². The lowest BCUT2D eigenvalue weighted by molar-refractivity contribution is 0.0697. The van der Waals surface area contributed by atoms with Crippen molar-refractivity contribution in [3.05, 3.63) is 58.2 Å². The number of carboxylic acids is 1. The summed E-state index contributed by atoms with van der Waals surface area (Å²) in [5.74, 6) is -0.355. The van der Waals surface area contributed by atoms with Crippen LogP contribution in [-0.2, 0) is 12.8 Å². The van der Waals surface area contributed by atoms with Gasteiger partial charge in [0, 0.05) is 19.3 Å². The lowest BCUT2D eigenvalue weighted by Crippen LogP contribution is -2.27.